The molecule has 2 heterocycles. The maximum atomic E-state index is 13.2. The molecule has 3 aromatic carbocycles. The summed E-state index contributed by atoms with van der Waals surface area (Å²) in [6, 6.07) is 24.5. The van der Waals surface area contributed by atoms with Crippen LogP contribution in [0, 0.1) is 0 Å². The summed E-state index contributed by atoms with van der Waals surface area (Å²) in [4.78, 5) is 24.7. The molecule has 1 aromatic heterocycles. The number of nitrogens with zero attached hydrogens (tertiary/aromatic N) is 3. The van der Waals surface area contributed by atoms with Crippen molar-refractivity contribution in [2.75, 3.05) is 16.9 Å². The Labute approximate surface area is 215 Å². The first kappa shape index (κ1) is 24.2. The Balaban J connectivity index is 1.35. The second-order valence-corrected chi connectivity index (χ2v) is 9.12. The molecule has 0 bridgehead atoms. The third kappa shape index (κ3) is 5.08. The molecular formula is C30H28N4O3. The van der Waals surface area contributed by atoms with Gasteiger partial charge >= 0.3 is 0 Å². The van der Waals surface area contributed by atoms with Gasteiger partial charge in [0.2, 0.25) is 0 Å². The normalized spacial score (nSPS) is 15.3. The van der Waals surface area contributed by atoms with E-state index in [0.29, 0.717) is 29.9 Å². The largest absolute Gasteiger partial charge is 0.389 e. The van der Waals surface area contributed by atoms with Crippen molar-refractivity contribution in [3.63, 3.8) is 0 Å². The van der Waals surface area contributed by atoms with Crippen LogP contribution in [-0.2, 0) is 11.3 Å². The number of aliphatic hydroxyl groups is 1. The van der Waals surface area contributed by atoms with E-state index in [-0.39, 0.29) is 11.7 Å². The monoisotopic (exact) mass is 492 g/mol. The number of benzene rings is 3. The molecule has 1 unspecified atom stereocenters. The number of hydrogen-bond donors (Lipinski definition) is 2. The standard InChI is InChI=1S/C30H28N4O3/c1-20-28(30(37)34(32-20)25-8-4-3-5-9-25)16-23-18-33(29-11-7-6-10-27(23)29)19-26(36)17-31-24-14-12-22(13-15-24)21(2)35/h3-16,18,26,31,36H,17,19H2,1-2H3/b28-16+. The molecule has 1 atom stereocenters. The lowest BCUT2D eigenvalue weighted by atomic mass is 10.1. The number of ketones is 1. The van der Waals surface area contributed by atoms with Crippen molar-refractivity contribution in [2.24, 2.45) is 5.10 Å². The zero-order valence-electron chi connectivity index (χ0n) is 20.8. The first-order chi connectivity index (χ1) is 17.9. The summed E-state index contributed by atoms with van der Waals surface area (Å²) in [7, 11) is 0. The van der Waals surface area contributed by atoms with Gasteiger partial charge < -0.3 is 15.0 Å². The van der Waals surface area contributed by atoms with E-state index in [1.165, 1.54) is 11.9 Å². The Kier molecular flexibility index (Phi) is 6.70. The third-order valence-corrected chi connectivity index (χ3v) is 6.42. The number of carbonyl (C=O) groups is 2. The molecule has 7 nitrogen and oxygen atoms in total. The molecule has 37 heavy (non-hydrogen) atoms. The highest BCUT2D eigenvalue weighted by Gasteiger charge is 2.29. The fourth-order valence-electron chi connectivity index (χ4n) is 4.48. The fraction of sp³-hybridized carbons (Fsp3) is 0.167. The number of hydrazone groups is 1. The van der Waals surface area contributed by atoms with Crippen molar-refractivity contribution in [2.45, 2.75) is 26.5 Å². The number of anilines is 2. The van der Waals surface area contributed by atoms with Crippen LogP contribution >= 0.6 is 0 Å². The van der Waals surface area contributed by atoms with E-state index in [1.54, 1.807) is 12.1 Å². The molecule has 0 aliphatic carbocycles. The lowest BCUT2D eigenvalue weighted by molar-refractivity contribution is -0.114. The molecule has 0 spiro atoms. The van der Waals surface area contributed by atoms with E-state index in [4.69, 9.17) is 0 Å². The Bertz CT molecular complexity index is 1520. The van der Waals surface area contributed by atoms with Crippen molar-refractivity contribution in [3.8, 4) is 0 Å². The van der Waals surface area contributed by atoms with Crippen molar-refractivity contribution < 1.29 is 14.7 Å². The Hall–Kier alpha value is -4.49. The van der Waals surface area contributed by atoms with E-state index >= 15 is 0 Å². The summed E-state index contributed by atoms with van der Waals surface area (Å²) in [6.45, 7) is 4.09. The molecule has 1 aliphatic heterocycles. The average Bonchev–Trinajstić information content (AvgIpc) is 3.40. The molecule has 0 radical (unpaired) electrons. The van der Waals surface area contributed by atoms with Gasteiger partial charge in [-0.3, -0.25) is 9.59 Å². The van der Waals surface area contributed by atoms with E-state index < -0.39 is 6.10 Å². The van der Waals surface area contributed by atoms with Gasteiger partial charge in [-0.1, -0.05) is 36.4 Å². The van der Waals surface area contributed by atoms with Crippen LogP contribution in [0.15, 0.2) is 95.7 Å². The lowest BCUT2D eigenvalue weighted by Gasteiger charge is -2.14. The minimum atomic E-state index is -0.659. The van der Waals surface area contributed by atoms with Crippen molar-refractivity contribution in [1.82, 2.24) is 4.57 Å². The SMILES string of the molecule is CC(=O)c1ccc(NCC(O)Cn2cc(/C=C3/C(=O)N(c4ccccc4)N=C3C)c3ccccc32)cc1. The fourth-order valence-corrected chi connectivity index (χ4v) is 4.48. The molecule has 5 rings (SSSR count). The van der Waals surface area contributed by atoms with Gasteiger partial charge in [0.1, 0.15) is 0 Å². The van der Waals surface area contributed by atoms with Crippen molar-refractivity contribution in [1.29, 1.82) is 0 Å². The highest BCUT2D eigenvalue weighted by Crippen LogP contribution is 2.28. The highest BCUT2D eigenvalue weighted by atomic mass is 16.3. The second-order valence-electron chi connectivity index (χ2n) is 9.12. The quantitative estimate of drug-likeness (QED) is 0.264. The van der Waals surface area contributed by atoms with Crippen LogP contribution < -0.4 is 10.3 Å². The van der Waals surface area contributed by atoms with E-state index in [2.05, 4.69) is 10.4 Å². The summed E-state index contributed by atoms with van der Waals surface area (Å²) < 4.78 is 2.01. The minimum absolute atomic E-state index is 0.0189. The summed E-state index contributed by atoms with van der Waals surface area (Å²) in [5.41, 5.74) is 5.28. The molecule has 0 fully saturated rings. The van der Waals surface area contributed by atoms with Gasteiger partial charge in [0.05, 0.1) is 29.6 Å². The number of nitrogens with one attached hydrogen (secondary N) is 1. The van der Waals surface area contributed by atoms with E-state index in [1.807, 2.05) is 90.5 Å². The molecule has 186 valence electrons. The molecule has 4 aromatic rings. The molecule has 1 amide bonds. The van der Waals surface area contributed by atoms with E-state index in [0.717, 1.165) is 27.8 Å². The zero-order valence-corrected chi connectivity index (χ0v) is 20.8. The van der Waals surface area contributed by atoms with Gasteiger partial charge in [0, 0.05) is 40.5 Å². The summed E-state index contributed by atoms with van der Waals surface area (Å²) in [5.74, 6) is -0.147. The number of Topliss-reactive ketones (excluding diaryl/α,β-unsaturated/α-hetero) is 1. The Morgan fingerprint density at radius 2 is 1.73 bits per heavy atom. The summed E-state index contributed by atoms with van der Waals surface area (Å²) in [6.07, 6.45) is 3.19. The maximum absolute atomic E-state index is 13.2. The van der Waals surface area contributed by atoms with Gasteiger partial charge in [0.15, 0.2) is 5.78 Å². The lowest BCUT2D eigenvalue weighted by Crippen LogP contribution is -2.24. The van der Waals surface area contributed by atoms with Crippen molar-refractivity contribution >= 4 is 45.8 Å². The molecule has 0 saturated carbocycles. The van der Waals surface area contributed by atoms with Gasteiger partial charge in [-0.2, -0.15) is 10.1 Å². The van der Waals surface area contributed by atoms with Crippen LogP contribution in [0.3, 0.4) is 0 Å². The second kappa shape index (κ2) is 10.2. The van der Waals surface area contributed by atoms with Crippen LogP contribution in [-0.4, -0.2) is 39.7 Å². The average molecular weight is 493 g/mol. The molecule has 2 N–H and O–H groups in total. The number of aliphatic hydroxyl groups excluding tert-OH is 1. The first-order valence-electron chi connectivity index (χ1n) is 12.2. The van der Waals surface area contributed by atoms with Crippen LogP contribution in [0.5, 0.6) is 0 Å². The van der Waals surface area contributed by atoms with Gasteiger partial charge in [-0.05, 0) is 62.4 Å². The third-order valence-electron chi connectivity index (χ3n) is 6.42. The van der Waals surface area contributed by atoms with Crippen LogP contribution in [0.1, 0.15) is 29.8 Å². The molecule has 0 saturated heterocycles. The molecule has 1 aliphatic rings. The molecular weight excluding hydrogens is 464 g/mol. The van der Waals surface area contributed by atoms with Crippen LogP contribution in [0.4, 0.5) is 11.4 Å². The van der Waals surface area contributed by atoms with Crippen molar-refractivity contribution in [3.05, 3.63) is 102 Å². The highest BCUT2D eigenvalue weighted by molar-refractivity contribution is 6.32. The van der Waals surface area contributed by atoms with Gasteiger partial charge in [0.25, 0.3) is 5.91 Å². The first-order valence-corrected chi connectivity index (χ1v) is 12.2. The van der Waals surface area contributed by atoms with E-state index in [9.17, 15) is 14.7 Å². The van der Waals surface area contributed by atoms with Crippen LogP contribution in [0.25, 0.3) is 17.0 Å². The van der Waals surface area contributed by atoms with Crippen LogP contribution in [0.2, 0.25) is 0 Å². The zero-order chi connectivity index (χ0) is 25.9. The predicted octanol–water partition coefficient (Wildman–Crippen LogP) is 5.12. The number of carbonyl (C=O) groups excluding carboxylic acids is 2. The predicted molar refractivity (Wildman–Crippen MR) is 148 cm³/mol. The number of amides is 1. The minimum Gasteiger partial charge on any atom is -0.389 e. The maximum Gasteiger partial charge on any atom is 0.280 e. The number of aromatic nitrogens is 1. The Morgan fingerprint density at radius 1 is 1.03 bits per heavy atom. The number of rotatable bonds is 8. The van der Waals surface area contributed by atoms with Gasteiger partial charge in [-0.25, -0.2) is 0 Å². The number of para-hydroxylation sites is 2. The van der Waals surface area contributed by atoms with Gasteiger partial charge in [-0.15, -0.1) is 0 Å². The number of hydrogen-bond acceptors (Lipinski definition) is 5. The Morgan fingerprint density at radius 3 is 2.46 bits per heavy atom. The summed E-state index contributed by atoms with van der Waals surface area (Å²) >= 11 is 0. The smallest absolute Gasteiger partial charge is 0.280 e. The number of fused-ring (bicyclic) bond motifs is 1. The topological polar surface area (TPSA) is 86.9 Å². The summed E-state index contributed by atoms with van der Waals surface area (Å²) in [5, 5.41) is 20.9. The molecule has 7 heteroatoms.